The summed E-state index contributed by atoms with van der Waals surface area (Å²) in [6.07, 6.45) is 0.778. The number of hydrogen-bond acceptors (Lipinski definition) is 6. The Bertz CT molecular complexity index is 1300. The zero-order valence-corrected chi connectivity index (χ0v) is 22.0. The third kappa shape index (κ3) is 4.82. The first-order valence-electron chi connectivity index (χ1n) is 11.8. The first-order chi connectivity index (χ1) is 16.7. The van der Waals surface area contributed by atoms with Gasteiger partial charge in [0.1, 0.15) is 17.0 Å². The smallest absolute Gasteiger partial charge is 0.274 e. The van der Waals surface area contributed by atoms with E-state index in [9.17, 15) is 9.59 Å². The Morgan fingerprint density at radius 2 is 2.00 bits per heavy atom. The van der Waals surface area contributed by atoms with Crippen LogP contribution in [0.2, 0.25) is 0 Å². The van der Waals surface area contributed by atoms with Gasteiger partial charge in [-0.1, -0.05) is 42.0 Å². The van der Waals surface area contributed by atoms with Gasteiger partial charge >= 0.3 is 0 Å². The summed E-state index contributed by atoms with van der Waals surface area (Å²) in [5, 5.41) is 3.76. The fourth-order valence-electron chi connectivity index (χ4n) is 4.68. The summed E-state index contributed by atoms with van der Waals surface area (Å²) in [6, 6.07) is 13.9. The number of aromatic nitrogens is 1. The number of ether oxygens (including phenoxy) is 1. The minimum absolute atomic E-state index is 0.0826. The van der Waals surface area contributed by atoms with Gasteiger partial charge < -0.3 is 15.0 Å². The first kappa shape index (κ1) is 23.9. The molecular weight excluding hydrogens is 478 g/mol. The minimum atomic E-state index is -0.316. The molecule has 182 valence electrons. The van der Waals surface area contributed by atoms with Crippen molar-refractivity contribution in [3.05, 3.63) is 69.9 Å². The average Bonchev–Trinajstić information content (AvgIpc) is 3.52. The van der Waals surface area contributed by atoms with Gasteiger partial charge in [-0.05, 0) is 44.9 Å². The number of nitrogens with zero attached hydrogens (tertiary/aromatic N) is 2. The highest BCUT2D eigenvalue weighted by molar-refractivity contribution is 8.00. The summed E-state index contributed by atoms with van der Waals surface area (Å²) in [7, 11) is 0. The highest BCUT2D eigenvalue weighted by atomic mass is 32.2. The van der Waals surface area contributed by atoms with E-state index >= 15 is 0 Å². The Kier molecular flexibility index (Phi) is 6.36. The van der Waals surface area contributed by atoms with Crippen LogP contribution in [0, 0.1) is 13.8 Å². The largest absolute Gasteiger partial charge is 0.486 e. The van der Waals surface area contributed by atoms with Gasteiger partial charge in [-0.3, -0.25) is 9.59 Å². The fraction of sp³-hybridized carbons (Fsp3) is 0.370. The van der Waals surface area contributed by atoms with Gasteiger partial charge in [-0.25, -0.2) is 4.98 Å². The van der Waals surface area contributed by atoms with Crippen molar-refractivity contribution in [2.45, 2.75) is 45.1 Å². The van der Waals surface area contributed by atoms with Crippen molar-refractivity contribution in [3.63, 3.8) is 0 Å². The fourth-order valence-corrected chi connectivity index (χ4v) is 6.75. The molecule has 1 atom stereocenters. The van der Waals surface area contributed by atoms with Crippen LogP contribution in [0.25, 0.3) is 10.4 Å². The molecule has 1 N–H and O–H groups in total. The van der Waals surface area contributed by atoms with E-state index in [2.05, 4.69) is 16.4 Å². The number of amides is 2. The van der Waals surface area contributed by atoms with E-state index in [0.717, 1.165) is 38.7 Å². The molecule has 0 bridgehead atoms. The maximum atomic E-state index is 13.6. The van der Waals surface area contributed by atoms with E-state index in [-0.39, 0.29) is 22.8 Å². The predicted octanol–water partition coefficient (Wildman–Crippen LogP) is 5.09. The number of thioether (sulfide) groups is 1. The molecule has 35 heavy (non-hydrogen) atoms. The van der Waals surface area contributed by atoms with Gasteiger partial charge in [-0.2, -0.15) is 0 Å². The summed E-state index contributed by atoms with van der Waals surface area (Å²) in [6.45, 7) is 9.02. The molecule has 2 amide bonds. The molecule has 2 aliphatic heterocycles. The van der Waals surface area contributed by atoms with E-state index in [4.69, 9.17) is 4.74 Å². The van der Waals surface area contributed by atoms with Crippen molar-refractivity contribution in [2.24, 2.45) is 0 Å². The molecule has 0 radical (unpaired) electrons. The number of para-hydroxylation sites is 1. The van der Waals surface area contributed by atoms with E-state index in [1.165, 1.54) is 0 Å². The lowest BCUT2D eigenvalue weighted by Gasteiger charge is -2.24. The Balaban J connectivity index is 1.31. The molecule has 5 rings (SSSR count). The number of thiazole rings is 1. The lowest BCUT2D eigenvalue weighted by Crippen LogP contribution is -2.42. The SMILES string of the molecule is Cc1cccc(-c2sc(C)nc2C(=O)N2CCSC2CNC(=O)c2cccc3c2OC(C)(C)C3)c1. The molecule has 0 saturated carbocycles. The van der Waals surface area contributed by atoms with Crippen molar-refractivity contribution in [1.29, 1.82) is 0 Å². The Morgan fingerprint density at radius 3 is 2.80 bits per heavy atom. The highest BCUT2D eigenvalue weighted by Gasteiger charge is 2.35. The lowest BCUT2D eigenvalue weighted by molar-refractivity contribution is 0.0746. The molecule has 1 fully saturated rings. The first-order valence-corrected chi connectivity index (χ1v) is 13.6. The van der Waals surface area contributed by atoms with Crippen LogP contribution in [0.3, 0.4) is 0 Å². The minimum Gasteiger partial charge on any atom is -0.486 e. The molecule has 2 aliphatic rings. The Hall–Kier alpha value is -2.84. The van der Waals surface area contributed by atoms with Crippen LogP contribution >= 0.6 is 23.1 Å². The zero-order valence-electron chi connectivity index (χ0n) is 20.4. The molecule has 2 aromatic carbocycles. The molecule has 1 unspecified atom stereocenters. The van der Waals surface area contributed by atoms with Crippen molar-refractivity contribution in [3.8, 4) is 16.2 Å². The molecule has 3 aromatic rings. The molecule has 0 aliphatic carbocycles. The average molecular weight is 508 g/mol. The summed E-state index contributed by atoms with van der Waals surface area (Å²) < 4.78 is 6.06. The van der Waals surface area contributed by atoms with Crippen molar-refractivity contribution in [1.82, 2.24) is 15.2 Å². The molecule has 1 saturated heterocycles. The number of nitrogens with one attached hydrogen (secondary N) is 1. The maximum absolute atomic E-state index is 13.6. The van der Waals surface area contributed by atoms with Crippen LogP contribution < -0.4 is 10.1 Å². The number of benzene rings is 2. The third-order valence-electron chi connectivity index (χ3n) is 6.24. The summed E-state index contributed by atoms with van der Waals surface area (Å²) in [5.74, 6) is 1.24. The van der Waals surface area contributed by atoms with Crippen LogP contribution in [0.4, 0.5) is 0 Å². The van der Waals surface area contributed by atoms with E-state index < -0.39 is 0 Å². The van der Waals surface area contributed by atoms with E-state index in [0.29, 0.717) is 30.1 Å². The number of hydrogen-bond donors (Lipinski definition) is 1. The second-order valence-corrected chi connectivity index (χ2v) is 12.1. The molecule has 3 heterocycles. The Morgan fingerprint density at radius 1 is 1.20 bits per heavy atom. The zero-order chi connectivity index (χ0) is 24.7. The highest BCUT2D eigenvalue weighted by Crippen LogP contribution is 2.38. The summed E-state index contributed by atoms with van der Waals surface area (Å²) >= 11 is 3.22. The Labute approximate surface area is 214 Å². The second kappa shape index (κ2) is 9.32. The van der Waals surface area contributed by atoms with E-state index in [1.807, 2.05) is 62.9 Å². The van der Waals surface area contributed by atoms with Gasteiger partial charge in [-0.15, -0.1) is 23.1 Å². The molecular formula is C27H29N3O3S2. The normalized spacial score (nSPS) is 18.3. The number of rotatable bonds is 5. The van der Waals surface area contributed by atoms with Gasteiger partial charge in [0, 0.05) is 25.3 Å². The topological polar surface area (TPSA) is 71.5 Å². The van der Waals surface area contributed by atoms with Crippen molar-refractivity contribution >= 4 is 34.9 Å². The van der Waals surface area contributed by atoms with Gasteiger partial charge in [0.15, 0.2) is 0 Å². The number of fused-ring (bicyclic) bond motifs is 1. The molecule has 8 heteroatoms. The molecule has 1 aromatic heterocycles. The van der Waals surface area contributed by atoms with Gasteiger partial charge in [0.25, 0.3) is 11.8 Å². The van der Waals surface area contributed by atoms with Gasteiger partial charge in [0.05, 0.1) is 20.8 Å². The van der Waals surface area contributed by atoms with Crippen LogP contribution in [0.15, 0.2) is 42.5 Å². The second-order valence-electron chi connectivity index (χ2n) is 9.65. The molecule has 6 nitrogen and oxygen atoms in total. The lowest BCUT2D eigenvalue weighted by atomic mass is 10.0. The monoisotopic (exact) mass is 507 g/mol. The molecule has 0 spiro atoms. The van der Waals surface area contributed by atoms with Crippen molar-refractivity contribution in [2.75, 3.05) is 18.8 Å². The standard InChI is InChI=1S/C27H29N3O3S2/c1-16-7-5-8-18(13-16)24-22(29-17(2)35-24)26(32)30-11-12-34-21(30)15-28-25(31)20-10-6-9-19-14-27(3,4)33-23(19)20/h5-10,13,21H,11-12,14-15H2,1-4H3,(H,28,31). The van der Waals surface area contributed by atoms with Gasteiger partial charge in [0.2, 0.25) is 0 Å². The van der Waals surface area contributed by atoms with E-state index in [1.54, 1.807) is 29.2 Å². The number of aryl methyl sites for hydroxylation is 2. The van der Waals surface area contributed by atoms with Crippen LogP contribution in [0.1, 0.15) is 50.8 Å². The number of carbonyl (C=O) groups excluding carboxylic acids is 2. The maximum Gasteiger partial charge on any atom is 0.274 e. The third-order valence-corrected chi connectivity index (χ3v) is 8.48. The summed E-state index contributed by atoms with van der Waals surface area (Å²) in [5.41, 5.74) is 3.93. The number of carbonyl (C=O) groups is 2. The quantitative estimate of drug-likeness (QED) is 0.521. The summed E-state index contributed by atoms with van der Waals surface area (Å²) in [4.78, 5) is 34.0. The van der Waals surface area contributed by atoms with Crippen LogP contribution in [0.5, 0.6) is 5.75 Å². The van der Waals surface area contributed by atoms with Crippen LogP contribution in [-0.2, 0) is 6.42 Å². The predicted molar refractivity (Wildman–Crippen MR) is 141 cm³/mol. The van der Waals surface area contributed by atoms with Crippen molar-refractivity contribution < 1.29 is 14.3 Å². The van der Waals surface area contributed by atoms with Crippen LogP contribution in [-0.4, -0.2) is 51.5 Å².